The van der Waals surface area contributed by atoms with E-state index in [-0.39, 0.29) is 11.8 Å². The number of hydrogen-bond donors (Lipinski definition) is 2. The molecule has 0 saturated heterocycles. The molecule has 2 aromatic rings. The van der Waals surface area contributed by atoms with E-state index in [0.717, 1.165) is 17.7 Å². The van der Waals surface area contributed by atoms with Gasteiger partial charge in [0.05, 0.1) is 11.6 Å². The number of aliphatic hydroxyl groups excluding tert-OH is 1. The maximum Gasteiger partial charge on any atom is 0.161 e. The van der Waals surface area contributed by atoms with E-state index in [2.05, 4.69) is 6.07 Å². The second-order valence-electron chi connectivity index (χ2n) is 6.19. The summed E-state index contributed by atoms with van der Waals surface area (Å²) in [5.74, 6) is 1.96. The van der Waals surface area contributed by atoms with Crippen molar-refractivity contribution in [3.8, 4) is 11.5 Å². The zero-order chi connectivity index (χ0) is 16.3. The number of benzene rings is 2. The Morgan fingerprint density at radius 1 is 1.04 bits per heavy atom. The van der Waals surface area contributed by atoms with Gasteiger partial charge in [-0.25, -0.2) is 0 Å². The number of hydrogen-bond acceptors (Lipinski definition) is 4. The van der Waals surface area contributed by atoms with Crippen molar-refractivity contribution in [2.24, 2.45) is 0 Å². The number of fused-ring (bicyclic) bond motifs is 4. The van der Waals surface area contributed by atoms with Gasteiger partial charge in [0.1, 0.15) is 24.8 Å². The van der Waals surface area contributed by atoms with E-state index in [4.69, 9.17) is 14.9 Å². The predicted molar refractivity (Wildman–Crippen MR) is 91.1 cm³/mol. The third-order valence-corrected chi connectivity index (χ3v) is 4.86. The summed E-state index contributed by atoms with van der Waals surface area (Å²) in [4.78, 5) is 1.91. The molecule has 0 aromatic heterocycles. The molecule has 2 aromatic carbocycles. The second kappa shape index (κ2) is 4.77. The van der Waals surface area contributed by atoms with Gasteiger partial charge in [-0.3, -0.25) is 5.41 Å². The largest absolute Gasteiger partial charge is 0.509 e. The van der Waals surface area contributed by atoms with Crippen LogP contribution in [-0.4, -0.2) is 30.2 Å². The molecule has 5 rings (SSSR count). The minimum atomic E-state index is -0.182. The molecule has 5 nitrogen and oxygen atoms in total. The van der Waals surface area contributed by atoms with Crippen LogP contribution in [0.15, 0.2) is 48.2 Å². The predicted octanol–water partition coefficient (Wildman–Crippen LogP) is 3.15. The fraction of sp³-hybridized carbons (Fsp3) is 0.211. The molecule has 3 heterocycles. The lowest BCUT2D eigenvalue weighted by atomic mass is 10.0. The highest BCUT2D eigenvalue weighted by molar-refractivity contribution is 6.32. The molecule has 0 spiro atoms. The van der Waals surface area contributed by atoms with Gasteiger partial charge in [0.2, 0.25) is 0 Å². The number of amidine groups is 1. The molecule has 0 saturated carbocycles. The number of aliphatic hydroxyl groups is 1. The van der Waals surface area contributed by atoms with E-state index in [9.17, 15) is 5.11 Å². The van der Waals surface area contributed by atoms with Crippen LogP contribution in [-0.2, 0) is 6.42 Å². The molecule has 3 aliphatic heterocycles. The molecule has 0 amide bonds. The summed E-state index contributed by atoms with van der Waals surface area (Å²) in [5.41, 5.74) is 3.53. The third kappa shape index (κ3) is 1.72. The Morgan fingerprint density at radius 3 is 2.71 bits per heavy atom. The van der Waals surface area contributed by atoms with Gasteiger partial charge in [0.15, 0.2) is 11.5 Å². The van der Waals surface area contributed by atoms with Crippen LogP contribution in [0.5, 0.6) is 11.5 Å². The van der Waals surface area contributed by atoms with Gasteiger partial charge in [0, 0.05) is 12.1 Å². The quantitative estimate of drug-likeness (QED) is 0.847. The van der Waals surface area contributed by atoms with E-state index in [1.807, 2.05) is 41.3 Å². The summed E-state index contributed by atoms with van der Waals surface area (Å²) < 4.78 is 11.2. The van der Waals surface area contributed by atoms with Crippen LogP contribution >= 0.6 is 0 Å². The van der Waals surface area contributed by atoms with Crippen LogP contribution < -0.4 is 14.4 Å². The van der Waals surface area contributed by atoms with Crippen LogP contribution in [0, 0.1) is 5.41 Å². The van der Waals surface area contributed by atoms with Crippen LogP contribution in [0.1, 0.15) is 11.1 Å². The Kier molecular flexibility index (Phi) is 2.68. The van der Waals surface area contributed by atoms with Gasteiger partial charge >= 0.3 is 0 Å². The molecular weight excluding hydrogens is 304 g/mol. The number of nitrogens with one attached hydrogen (secondary N) is 1. The fourth-order valence-electron chi connectivity index (χ4n) is 3.77. The minimum Gasteiger partial charge on any atom is -0.509 e. The first-order valence-corrected chi connectivity index (χ1v) is 8.03. The first kappa shape index (κ1) is 13.5. The molecule has 0 bridgehead atoms. The molecular formula is C19H16N2O3. The summed E-state index contributed by atoms with van der Waals surface area (Å²) in [7, 11) is 0. The van der Waals surface area contributed by atoms with Crippen LogP contribution in [0.3, 0.4) is 0 Å². The lowest BCUT2D eigenvalue weighted by molar-refractivity contribution is 0.171. The summed E-state index contributed by atoms with van der Waals surface area (Å²) in [5, 5.41) is 19.4. The molecule has 2 N–H and O–H groups in total. The molecule has 5 heteroatoms. The second-order valence-corrected chi connectivity index (χ2v) is 6.19. The molecule has 3 aliphatic rings. The minimum absolute atomic E-state index is 0.182. The Hall–Kier alpha value is -2.95. The highest BCUT2D eigenvalue weighted by Gasteiger charge is 2.43. The van der Waals surface area contributed by atoms with Crippen molar-refractivity contribution in [3.05, 3.63) is 59.4 Å². The van der Waals surface area contributed by atoms with Gasteiger partial charge in [-0.1, -0.05) is 24.3 Å². The van der Waals surface area contributed by atoms with Crippen LogP contribution in [0.25, 0.3) is 5.57 Å². The van der Waals surface area contributed by atoms with Crippen molar-refractivity contribution in [1.29, 1.82) is 5.41 Å². The Labute approximate surface area is 139 Å². The molecule has 120 valence electrons. The smallest absolute Gasteiger partial charge is 0.161 e. The molecule has 24 heavy (non-hydrogen) atoms. The first-order valence-electron chi connectivity index (χ1n) is 8.03. The SMILES string of the molecule is N=C1C(c2ccc3c(c2)OCCO3)=C(O)C2Cc3ccccc3N12. The average molecular weight is 320 g/mol. The van der Waals surface area contributed by atoms with Crippen LogP contribution in [0.2, 0.25) is 0 Å². The first-order chi connectivity index (χ1) is 11.7. The lowest BCUT2D eigenvalue weighted by Crippen LogP contribution is -2.31. The zero-order valence-electron chi connectivity index (χ0n) is 13.0. The van der Waals surface area contributed by atoms with Crippen molar-refractivity contribution in [3.63, 3.8) is 0 Å². The molecule has 0 aliphatic carbocycles. The van der Waals surface area contributed by atoms with Gasteiger partial charge in [-0.2, -0.15) is 0 Å². The van der Waals surface area contributed by atoms with E-state index < -0.39 is 0 Å². The monoisotopic (exact) mass is 320 g/mol. The maximum absolute atomic E-state index is 10.8. The summed E-state index contributed by atoms with van der Waals surface area (Å²) in [6.45, 7) is 1.06. The van der Waals surface area contributed by atoms with Crippen molar-refractivity contribution >= 4 is 17.1 Å². The van der Waals surface area contributed by atoms with Crippen molar-refractivity contribution in [2.45, 2.75) is 12.5 Å². The summed E-state index contributed by atoms with van der Waals surface area (Å²) >= 11 is 0. The standard InChI is InChI=1S/C19H16N2O3/c20-19-17(12-5-6-15-16(10-12)24-8-7-23-15)18(22)14-9-11-3-1-2-4-13(11)21(14)19/h1-6,10,14,20,22H,7-9H2. The number of ether oxygens (including phenoxy) is 2. The van der Waals surface area contributed by atoms with E-state index in [1.165, 1.54) is 5.56 Å². The highest BCUT2D eigenvalue weighted by Crippen LogP contribution is 2.44. The normalized spacial score (nSPS) is 21.1. The molecule has 0 fully saturated rings. The summed E-state index contributed by atoms with van der Waals surface area (Å²) in [6, 6.07) is 13.4. The van der Waals surface area contributed by atoms with Gasteiger partial charge < -0.3 is 19.5 Å². The number of nitrogens with zero attached hydrogens (tertiary/aromatic N) is 1. The zero-order valence-corrected chi connectivity index (χ0v) is 13.0. The van der Waals surface area contributed by atoms with Gasteiger partial charge in [-0.15, -0.1) is 0 Å². The van der Waals surface area contributed by atoms with E-state index in [1.54, 1.807) is 0 Å². The Balaban J connectivity index is 1.58. The third-order valence-electron chi connectivity index (χ3n) is 4.86. The number of rotatable bonds is 1. The van der Waals surface area contributed by atoms with Crippen molar-refractivity contribution in [2.75, 3.05) is 18.1 Å². The van der Waals surface area contributed by atoms with Crippen molar-refractivity contribution in [1.82, 2.24) is 0 Å². The molecule has 1 atom stereocenters. The van der Waals surface area contributed by atoms with E-state index >= 15 is 0 Å². The van der Waals surface area contributed by atoms with Gasteiger partial charge in [-0.05, 0) is 29.3 Å². The average Bonchev–Trinajstić information content (AvgIpc) is 3.11. The Bertz CT molecular complexity index is 903. The topological polar surface area (TPSA) is 65.8 Å². The fourth-order valence-corrected chi connectivity index (χ4v) is 3.77. The highest BCUT2D eigenvalue weighted by atomic mass is 16.6. The van der Waals surface area contributed by atoms with Crippen molar-refractivity contribution < 1.29 is 14.6 Å². The van der Waals surface area contributed by atoms with E-state index in [0.29, 0.717) is 36.1 Å². The number of anilines is 1. The van der Waals surface area contributed by atoms with Crippen LogP contribution in [0.4, 0.5) is 5.69 Å². The molecule has 1 unspecified atom stereocenters. The summed E-state index contributed by atoms with van der Waals surface area (Å²) in [6.07, 6.45) is 0.721. The Morgan fingerprint density at radius 2 is 1.83 bits per heavy atom. The molecule has 0 radical (unpaired) electrons. The van der Waals surface area contributed by atoms with Gasteiger partial charge in [0.25, 0.3) is 0 Å². The lowest BCUT2D eigenvalue weighted by Gasteiger charge is -2.21. The number of para-hydroxylation sites is 1. The maximum atomic E-state index is 10.8.